The van der Waals surface area contributed by atoms with Crippen molar-refractivity contribution in [3.8, 4) is 0 Å². The summed E-state index contributed by atoms with van der Waals surface area (Å²) < 4.78 is 0. The Labute approximate surface area is 175 Å². The molecule has 0 aromatic heterocycles. The zero-order chi connectivity index (χ0) is 21.6. The fraction of sp³-hybridized carbons (Fsp3) is 0.913. The van der Waals surface area contributed by atoms with E-state index in [-0.39, 0.29) is 17.7 Å². The summed E-state index contributed by atoms with van der Waals surface area (Å²) in [6, 6.07) is -0.866. The number of amides is 2. The van der Waals surface area contributed by atoms with Crippen molar-refractivity contribution in [1.29, 1.82) is 0 Å². The lowest BCUT2D eigenvalue weighted by atomic mass is 9.65. The summed E-state index contributed by atoms with van der Waals surface area (Å²) in [6.45, 7) is 8.09. The molecule has 0 aromatic rings. The number of primary amides is 1. The van der Waals surface area contributed by atoms with E-state index < -0.39 is 34.6 Å². The van der Waals surface area contributed by atoms with Crippen LogP contribution in [0.15, 0.2) is 0 Å². The molecule has 2 atom stereocenters. The quantitative estimate of drug-likeness (QED) is 0.537. The second-order valence-corrected chi connectivity index (χ2v) is 10.7. The van der Waals surface area contributed by atoms with Crippen molar-refractivity contribution in [1.82, 2.24) is 4.90 Å². The maximum absolute atomic E-state index is 14.2. The average Bonchev–Trinajstić information content (AvgIpc) is 3.07. The third-order valence-corrected chi connectivity index (χ3v) is 7.97. The molecule has 3 aliphatic carbocycles. The molecule has 0 radical (unpaired) electrons. The van der Waals surface area contributed by atoms with E-state index in [1.807, 2.05) is 27.7 Å². The summed E-state index contributed by atoms with van der Waals surface area (Å²) in [6.07, 6.45) is 6.97. The van der Waals surface area contributed by atoms with Gasteiger partial charge in [0.2, 0.25) is 11.8 Å². The molecule has 0 heterocycles. The molecule has 0 aromatic carbocycles. The van der Waals surface area contributed by atoms with Crippen molar-refractivity contribution in [3.05, 3.63) is 0 Å². The second kappa shape index (κ2) is 7.84. The lowest BCUT2D eigenvalue weighted by molar-refractivity contribution is -0.196. The van der Waals surface area contributed by atoms with Crippen molar-refractivity contribution in [3.63, 3.8) is 0 Å². The highest BCUT2D eigenvalue weighted by Gasteiger charge is 2.59. The van der Waals surface area contributed by atoms with Gasteiger partial charge in [0.25, 0.3) is 0 Å². The van der Waals surface area contributed by atoms with E-state index in [4.69, 9.17) is 5.73 Å². The van der Waals surface area contributed by atoms with Crippen molar-refractivity contribution < 1.29 is 19.8 Å². The first kappa shape index (κ1) is 22.5. The highest BCUT2D eigenvalue weighted by atomic mass is 16.3. The number of nitrogens with two attached hydrogens (primary N) is 1. The van der Waals surface area contributed by atoms with Gasteiger partial charge in [-0.25, -0.2) is 0 Å². The summed E-state index contributed by atoms with van der Waals surface area (Å²) in [5.74, 6) is -0.822. The van der Waals surface area contributed by atoms with Gasteiger partial charge in [-0.2, -0.15) is 0 Å². The Balaban J connectivity index is 2.12. The molecule has 29 heavy (non-hydrogen) atoms. The average molecular weight is 409 g/mol. The predicted octanol–water partition coefficient (Wildman–Crippen LogP) is 2.74. The fourth-order valence-corrected chi connectivity index (χ4v) is 6.29. The number of carbonyl (C=O) groups excluding carboxylic acids is 2. The molecular weight excluding hydrogens is 368 g/mol. The SMILES string of the molecule is CC(C)C(N(C(=O)C1(C(N)=O)CCCC1)C(C(C)C)C1(O)CCC1)C1(O)CCC1. The summed E-state index contributed by atoms with van der Waals surface area (Å²) >= 11 is 0. The van der Waals surface area contributed by atoms with Gasteiger partial charge in [0.1, 0.15) is 5.41 Å². The Kier molecular flexibility index (Phi) is 6.10. The van der Waals surface area contributed by atoms with Gasteiger partial charge in [-0.3, -0.25) is 9.59 Å². The van der Waals surface area contributed by atoms with Gasteiger partial charge in [0.15, 0.2) is 0 Å². The minimum atomic E-state index is -1.21. The molecule has 2 amide bonds. The third-order valence-electron chi connectivity index (χ3n) is 7.97. The standard InChI is InChI=1S/C23H40N2O4/c1-15(2)17(22(28)11-7-12-22)25(18(16(3)4)23(29)13-8-14-23)20(27)21(19(24)26)9-5-6-10-21/h15-18,28-29H,5-14H2,1-4H3,(H2,24,26). The van der Waals surface area contributed by atoms with Crippen molar-refractivity contribution >= 4 is 11.8 Å². The third kappa shape index (κ3) is 3.60. The first-order chi connectivity index (χ1) is 13.5. The predicted molar refractivity (Wildman–Crippen MR) is 112 cm³/mol. The smallest absolute Gasteiger partial charge is 0.238 e. The molecule has 6 nitrogen and oxygen atoms in total. The lowest BCUT2D eigenvalue weighted by Crippen LogP contribution is -2.71. The number of nitrogens with zero attached hydrogens (tertiary/aromatic N) is 1. The molecule has 166 valence electrons. The normalized spacial score (nSPS) is 26.5. The molecule has 3 fully saturated rings. The van der Waals surface area contributed by atoms with Crippen LogP contribution in [0.5, 0.6) is 0 Å². The van der Waals surface area contributed by atoms with Crippen LogP contribution in [-0.4, -0.2) is 50.2 Å². The van der Waals surface area contributed by atoms with Gasteiger partial charge in [-0.05, 0) is 63.2 Å². The van der Waals surface area contributed by atoms with E-state index >= 15 is 0 Å². The maximum atomic E-state index is 14.2. The second-order valence-electron chi connectivity index (χ2n) is 10.7. The van der Waals surface area contributed by atoms with Crippen LogP contribution in [0.1, 0.15) is 91.9 Å². The van der Waals surface area contributed by atoms with Crippen LogP contribution in [0.25, 0.3) is 0 Å². The molecule has 4 N–H and O–H groups in total. The molecule has 3 rings (SSSR count). The Bertz CT molecular complexity index is 599. The van der Waals surface area contributed by atoms with Gasteiger partial charge in [-0.1, -0.05) is 40.5 Å². The van der Waals surface area contributed by atoms with Crippen LogP contribution >= 0.6 is 0 Å². The minimum absolute atomic E-state index is 0.000469. The van der Waals surface area contributed by atoms with Crippen LogP contribution in [0.4, 0.5) is 0 Å². The van der Waals surface area contributed by atoms with Gasteiger partial charge in [-0.15, -0.1) is 0 Å². The van der Waals surface area contributed by atoms with Gasteiger partial charge in [0.05, 0.1) is 23.3 Å². The summed E-state index contributed by atoms with van der Waals surface area (Å²) in [5, 5.41) is 22.8. The van der Waals surface area contributed by atoms with Crippen LogP contribution in [0.2, 0.25) is 0 Å². The zero-order valence-electron chi connectivity index (χ0n) is 18.6. The number of aliphatic hydroxyl groups is 2. The highest BCUT2D eigenvalue weighted by Crippen LogP contribution is 2.49. The van der Waals surface area contributed by atoms with E-state index in [9.17, 15) is 19.8 Å². The van der Waals surface area contributed by atoms with Crippen LogP contribution in [-0.2, 0) is 9.59 Å². The molecule has 0 spiro atoms. The number of carbonyl (C=O) groups is 2. The van der Waals surface area contributed by atoms with Gasteiger partial charge >= 0.3 is 0 Å². The number of hydrogen-bond donors (Lipinski definition) is 3. The molecule has 6 heteroatoms. The molecule has 0 saturated heterocycles. The van der Waals surface area contributed by atoms with Crippen LogP contribution in [0, 0.1) is 17.3 Å². The van der Waals surface area contributed by atoms with Crippen LogP contribution in [0.3, 0.4) is 0 Å². The van der Waals surface area contributed by atoms with E-state index in [0.29, 0.717) is 38.5 Å². The summed E-state index contributed by atoms with van der Waals surface area (Å²) in [7, 11) is 0. The number of hydrogen-bond acceptors (Lipinski definition) is 4. The largest absolute Gasteiger partial charge is 0.388 e. The van der Waals surface area contributed by atoms with Crippen molar-refractivity contribution in [2.24, 2.45) is 23.0 Å². The first-order valence-corrected chi connectivity index (χ1v) is 11.6. The van der Waals surface area contributed by atoms with E-state index in [1.165, 1.54) is 0 Å². The Morgan fingerprint density at radius 1 is 0.759 bits per heavy atom. The Morgan fingerprint density at radius 3 is 1.38 bits per heavy atom. The minimum Gasteiger partial charge on any atom is -0.388 e. The molecule has 3 aliphatic rings. The Hall–Kier alpha value is -1.14. The van der Waals surface area contributed by atoms with Crippen LogP contribution < -0.4 is 5.73 Å². The summed E-state index contributed by atoms with van der Waals surface area (Å²) in [5.41, 5.74) is 2.69. The molecule has 2 unspecified atom stereocenters. The van der Waals surface area contributed by atoms with Crippen molar-refractivity contribution in [2.75, 3.05) is 0 Å². The van der Waals surface area contributed by atoms with E-state index in [2.05, 4.69) is 0 Å². The molecule has 3 saturated carbocycles. The van der Waals surface area contributed by atoms with E-state index in [1.54, 1.807) is 4.90 Å². The maximum Gasteiger partial charge on any atom is 0.238 e. The van der Waals surface area contributed by atoms with Crippen molar-refractivity contribution in [2.45, 2.75) is 115 Å². The van der Waals surface area contributed by atoms with Gasteiger partial charge in [0, 0.05) is 0 Å². The highest BCUT2D eigenvalue weighted by molar-refractivity contribution is 6.05. The molecular formula is C23H40N2O4. The Morgan fingerprint density at radius 2 is 1.14 bits per heavy atom. The number of rotatable bonds is 8. The summed E-state index contributed by atoms with van der Waals surface area (Å²) in [4.78, 5) is 28.5. The molecule has 0 bridgehead atoms. The lowest BCUT2D eigenvalue weighted by Gasteiger charge is -2.58. The zero-order valence-corrected chi connectivity index (χ0v) is 18.6. The van der Waals surface area contributed by atoms with E-state index in [0.717, 1.165) is 25.7 Å². The van der Waals surface area contributed by atoms with Gasteiger partial charge < -0.3 is 20.8 Å². The first-order valence-electron chi connectivity index (χ1n) is 11.6. The molecule has 0 aliphatic heterocycles. The fourth-order valence-electron chi connectivity index (χ4n) is 6.29. The monoisotopic (exact) mass is 408 g/mol. The topological polar surface area (TPSA) is 104 Å².